The third kappa shape index (κ3) is 2.34. The molecule has 1 heterocycles. The maximum Gasteiger partial charge on any atom is 0.324 e. The zero-order chi connectivity index (χ0) is 11.4. The predicted molar refractivity (Wildman–Crippen MR) is 55.2 cm³/mol. The average Bonchev–Trinajstić information content (AvgIpc) is 2.59. The Morgan fingerprint density at radius 2 is 2.33 bits per heavy atom. The molecule has 0 N–H and O–H groups in total. The largest absolute Gasteiger partial charge is 0.465 e. The summed E-state index contributed by atoms with van der Waals surface area (Å²) in [4.78, 5) is 23.1. The highest BCUT2D eigenvalue weighted by molar-refractivity contribution is 6.13. The fourth-order valence-corrected chi connectivity index (χ4v) is 1.30. The number of hydrogen-bond donors (Lipinski definition) is 0. The normalized spacial score (nSPS) is 21.9. The molecule has 2 atom stereocenters. The summed E-state index contributed by atoms with van der Waals surface area (Å²) < 4.78 is 4.78. The van der Waals surface area contributed by atoms with Crippen LogP contribution in [0.1, 0.15) is 27.2 Å². The highest BCUT2D eigenvalue weighted by Gasteiger charge is 2.37. The minimum Gasteiger partial charge on any atom is -0.465 e. The quantitative estimate of drug-likeness (QED) is 0.511. The number of hydrogen-bond acceptors (Lipinski definition) is 4. The number of nitrogens with zero attached hydrogens (tertiary/aromatic N) is 2. The smallest absolute Gasteiger partial charge is 0.324 e. The molecule has 84 valence electrons. The molecule has 0 aliphatic carbocycles. The topological polar surface area (TPSA) is 59.0 Å². The van der Waals surface area contributed by atoms with Crippen LogP contribution in [0.25, 0.3) is 0 Å². The molecule has 0 fully saturated rings. The SMILES string of the molecule is CCOC(=O)C1C=NN(C(C)CC)C1=O. The Kier molecular flexibility index (Phi) is 3.82. The highest BCUT2D eigenvalue weighted by atomic mass is 16.5. The van der Waals surface area contributed by atoms with E-state index in [1.807, 2.05) is 13.8 Å². The van der Waals surface area contributed by atoms with E-state index in [-0.39, 0.29) is 18.6 Å². The second-order valence-corrected chi connectivity index (χ2v) is 3.43. The first-order chi connectivity index (χ1) is 7.11. The van der Waals surface area contributed by atoms with Crippen LogP contribution in [0.15, 0.2) is 5.10 Å². The number of amides is 1. The van der Waals surface area contributed by atoms with Gasteiger partial charge in [0, 0.05) is 6.21 Å². The van der Waals surface area contributed by atoms with Crippen LogP contribution >= 0.6 is 0 Å². The lowest BCUT2D eigenvalue weighted by molar-refractivity contribution is -0.151. The maximum atomic E-state index is 11.7. The summed E-state index contributed by atoms with van der Waals surface area (Å²) in [6, 6.07) is 0.0215. The van der Waals surface area contributed by atoms with Gasteiger partial charge in [-0.3, -0.25) is 9.59 Å². The van der Waals surface area contributed by atoms with Crippen LogP contribution in [0.4, 0.5) is 0 Å². The number of rotatable bonds is 4. The Hall–Kier alpha value is -1.39. The summed E-state index contributed by atoms with van der Waals surface area (Å²) in [6.45, 7) is 5.84. The van der Waals surface area contributed by atoms with E-state index >= 15 is 0 Å². The summed E-state index contributed by atoms with van der Waals surface area (Å²) >= 11 is 0. The van der Waals surface area contributed by atoms with Gasteiger partial charge in [-0.2, -0.15) is 5.10 Å². The highest BCUT2D eigenvalue weighted by Crippen LogP contribution is 2.16. The minimum absolute atomic E-state index is 0.0215. The van der Waals surface area contributed by atoms with E-state index in [9.17, 15) is 9.59 Å². The molecule has 1 aliphatic rings. The van der Waals surface area contributed by atoms with Gasteiger partial charge in [0.05, 0.1) is 12.6 Å². The van der Waals surface area contributed by atoms with E-state index in [0.29, 0.717) is 0 Å². The summed E-state index contributed by atoms with van der Waals surface area (Å²) in [5, 5.41) is 5.28. The molecule has 0 saturated heterocycles. The Morgan fingerprint density at radius 3 is 2.87 bits per heavy atom. The van der Waals surface area contributed by atoms with Gasteiger partial charge in [-0.05, 0) is 20.3 Å². The molecule has 0 aromatic heterocycles. The first kappa shape index (κ1) is 11.7. The molecule has 0 spiro atoms. The molecule has 1 rings (SSSR count). The molecule has 15 heavy (non-hydrogen) atoms. The number of esters is 1. The van der Waals surface area contributed by atoms with Gasteiger partial charge < -0.3 is 4.74 Å². The van der Waals surface area contributed by atoms with Crippen molar-refractivity contribution in [2.45, 2.75) is 33.2 Å². The van der Waals surface area contributed by atoms with Crippen molar-refractivity contribution in [2.75, 3.05) is 6.61 Å². The fourth-order valence-electron chi connectivity index (χ4n) is 1.30. The van der Waals surface area contributed by atoms with Gasteiger partial charge in [0.1, 0.15) is 0 Å². The molecule has 1 aliphatic heterocycles. The molecule has 5 nitrogen and oxygen atoms in total. The standard InChI is InChI=1S/C10H16N2O3/c1-4-7(3)12-9(13)8(6-11-12)10(14)15-5-2/h6-8H,4-5H2,1-3H3. The van der Waals surface area contributed by atoms with Crippen LogP contribution in [0.2, 0.25) is 0 Å². The molecule has 5 heteroatoms. The minimum atomic E-state index is -0.848. The van der Waals surface area contributed by atoms with Crippen molar-refractivity contribution in [3.8, 4) is 0 Å². The van der Waals surface area contributed by atoms with Crippen molar-refractivity contribution in [3.63, 3.8) is 0 Å². The first-order valence-corrected chi connectivity index (χ1v) is 5.15. The second kappa shape index (κ2) is 4.91. The van der Waals surface area contributed by atoms with E-state index in [2.05, 4.69) is 5.10 Å². The molecular weight excluding hydrogens is 196 g/mol. The molecule has 0 saturated carbocycles. The van der Waals surface area contributed by atoms with E-state index in [4.69, 9.17) is 4.74 Å². The lowest BCUT2D eigenvalue weighted by atomic mass is 10.1. The van der Waals surface area contributed by atoms with Gasteiger partial charge in [0.25, 0.3) is 5.91 Å². The molecule has 0 aromatic rings. The third-order valence-corrected chi connectivity index (χ3v) is 2.38. The van der Waals surface area contributed by atoms with Crippen LogP contribution < -0.4 is 0 Å². The fraction of sp³-hybridized carbons (Fsp3) is 0.700. The van der Waals surface area contributed by atoms with Crippen LogP contribution in [-0.4, -0.2) is 35.7 Å². The van der Waals surface area contributed by atoms with E-state index < -0.39 is 11.9 Å². The van der Waals surface area contributed by atoms with Crippen LogP contribution in [0, 0.1) is 5.92 Å². The van der Waals surface area contributed by atoms with Crippen molar-refractivity contribution < 1.29 is 14.3 Å². The Morgan fingerprint density at radius 1 is 1.67 bits per heavy atom. The van der Waals surface area contributed by atoms with E-state index in [1.165, 1.54) is 11.2 Å². The van der Waals surface area contributed by atoms with Gasteiger partial charge in [0.15, 0.2) is 5.92 Å². The van der Waals surface area contributed by atoms with Crippen molar-refractivity contribution in [1.82, 2.24) is 5.01 Å². The van der Waals surface area contributed by atoms with Gasteiger partial charge in [-0.25, -0.2) is 5.01 Å². The van der Waals surface area contributed by atoms with E-state index in [0.717, 1.165) is 6.42 Å². The number of hydrazone groups is 1. The summed E-state index contributed by atoms with van der Waals surface area (Å²) in [5.41, 5.74) is 0. The lowest BCUT2D eigenvalue weighted by Gasteiger charge is -2.19. The molecule has 0 bridgehead atoms. The van der Waals surface area contributed by atoms with Crippen LogP contribution in [0.5, 0.6) is 0 Å². The number of carbonyl (C=O) groups is 2. The summed E-state index contributed by atoms with van der Waals surface area (Å²) in [6.07, 6.45) is 2.16. The predicted octanol–water partition coefficient (Wildman–Crippen LogP) is 0.792. The van der Waals surface area contributed by atoms with Crippen molar-refractivity contribution in [3.05, 3.63) is 0 Å². The summed E-state index contributed by atoms with van der Waals surface area (Å²) in [5.74, 6) is -1.65. The Labute approximate surface area is 89.1 Å². The Balaban J connectivity index is 2.65. The Bertz CT molecular complexity index is 288. The maximum absolute atomic E-state index is 11.7. The zero-order valence-electron chi connectivity index (χ0n) is 9.27. The molecule has 0 aromatic carbocycles. The van der Waals surface area contributed by atoms with Gasteiger partial charge in [0.2, 0.25) is 0 Å². The van der Waals surface area contributed by atoms with Gasteiger partial charge >= 0.3 is 5.97 Å². The first-order valence-electron chi connectivity index (χ1n) is 5.15. The lowest BCUT2D eigenvalue weighted by Crippen LogP contribution is -2.36. The van der Waals surface area contributed by atoms with E-state index in [1.54, 1.807) is 6.92 Å². The average molecular weight is 212 g/mol. The zero-order valence-corrected chi connectivity index (χ0v) is 9.27. The van der Waals surface area contributed by atoms with Gasteiger partial charge in [-0.15, -0.1) is 0 Å². The molecule has 1 amide bonds. The number of ether oxygens (including phenoxy) is 1. The van der Waals surface area contributed by atoms with Crippen molar-refractivity contribution >= 4 is 18.1 Å². The molecule has 2 unspecified atom stereocenters. The van der Waals surface area contributed by atoms with Gasteiger partial charge in [-0.1, -0.05) is 6.92 Å². The van der Waals surface area contributed by atoms with Crippen LogP contribution in [0.3, 0.4) is 0 Å². The second-order valence-electron chi connectivity index (χ2n) is 3.43. The third-order valence-electron chi connectivity index (χ3n) is 2.38. The number of carbonyl (C=O) groups excluding carboxylic acids is 2. The van der Waals surface area contributed by atoms with Crippen molar-refractivity contribution in [2.24, 2.45) is 11.0 Å². The molecular formula is C10H16N2O3. The van der Waals surface area contributed by atoms with Crippen molar-refractivity contribution in [1.29, 1.82) is 0 Å². The van der Waals surface area contributed by atoms with Crippen LogP contribution in [-0.2, 0) is 14.3 Å². The summed E-state index contributed by atoms with van der Waals surface area (Å²) in [7, 11) is 0. The molecule has 0 radical (unpaired) electrons. The monoisotopic (exact) mass is 212 g/mol.